The molecule has 2 heterocycles. The van der Waals surface area contributed by atoms with E-state index in [0.717, 1.165) is 43.4 Å². The third-order valence-electron chi connectivity index (χ3n) is 6.99. The fourth-order valence-electron chi connectivity index (χ4n) is 5.13. The predicted molar refractivity (Wildman–Crippen MR) is 125 cm³/mol. The van der Waals surface area contributed by atoms with Crippen LogP contribution in [0.25, 0.3) is 5.69 Å². The average Bonchev–Trinajstić information content (AvgIpc) is 3.26. The summed E-state index contributed by atoms with van der Waals surface area (Å²) in [7, 11) is 0. The van der Waals surface area contributed by atoms with E-state index in [-0.39, 0.29) is 35.2 Å². The van der Waals surface area contributed by atoms with Gasteiger partial charge < -0.3 is 5.32 Å². The molecule has 0 bridgehead atoms. The van der Waals surface area contributed by atoms with Gasteiger partial charge in [-0.15, -0.1) is 5.10 Å². The Balaban J connectivity index is 1.30. The van der Waals surface area contributed by atoms with Crippen molar-refractivity contribution in [2.24, 2.45) is 11.8 Å². The number of carbonyl (C=O) groups excluding carboxylic acids is 2. The van der Waals surface area contributed by atoms with Crippen LogP contribution in [0.5, 0.6) is 0 Å². The van der Waals surface area contributed by atoms with Gasteiger partial charge in [0.25, 0.3) is 5.91 Å². The number of halogens is 3. The molecule has 36 heavy (non-hydrogen) atoms. The van der Waals surface area contributed by atoms with Crippen LogP contribution in [0.1, 0.15) is 59.0 Å². The normalized spacial score (nSPS) is 22.0. The molecule has 3 aromatic rings. The zero-order chi connectivity index (χ0) is 25.4. The fourth-order valence-corrected chi connectivity index (χ4v) is 5.13. The van der Waals surface area contributed by atoms with E-state index in [1.807, 2.05) is 12.1 Å². The molecule has 2 aliphatic rings. The summed E-state index contributed by atoms with van der Waals surface area (Å²) >= 11 is 0. The van der Waals surface area contributed by atoms with E-state index in [0.29, 0.717) is 11.4 Å². The molecule has 1 saturated heterocycles. The molecule has 1 saturated carbocycles. The molecule has 188 valence electrons. The topological polar surface area (TPSA) is 101 Å². The molecule has 0 spiro atoms. The summed E-state index contributed by atoms with van der Waals surface area (Å²) in [4.78, 5) is 25.1. The van der Waals surface area contributed by atoms with Gasteiger partial charge in [-0.2, -0.15) is 13.2 Å². The van der Waals surface area contributed by atoms with Crippen molar-refractivity contribution in [3.63, 3.8) is 0 Å². The van der Waals surface area contributed by atoms with E-state index >= 15 is 0 Å². The number of carbonyl (C=O) groups is 2. The van der Waals surface area contributed by atoms with Crippen molar-refractivity contribution in [1.29, 1.82) is 0 Å². The molecule has 0 radical (unpaired) electrons. The number of amides is 2. The summed E-state index contributed by atoms with van der Waals surface area (Å²) in [5, 5.41) is 10.5. The Morgan fingerprint density at radius 1 is 1.11 bits per heavy atom. The average molecular weight is 499 g/mol. The molecule has 5 rings (SSSR count). The molecule has 2 fully saturated rings. The number of nitrogens with one attached hydrogen (secondary N) is 3. The zero-order valence-corrected chi connectivity index (χ0v) is 19.5. The maximum absolute atomic E-state index is 13.1. The minimum Gasteiger partial charge on any atom is -0.321 e. The highest BCUT2D eigenvalue weighted by Gasteiger charge is 2.40. The number of hydrogen-bond acceptors (Lipinski definition) is 5. The van der Waals surface area contributed by atoms with Crippen molar-refractivity contribution in [1.82, 2.24) is 25.8 Å². The van der Waals surface area contributed by atoms with Gasteiger partial charge in [-0.1, -0.05) is 36.3 Å². The summed E-state index contributed by atoms with van der Waals surface area (Å²) in [6, 6.07) is 12.0. The van der Waals surface area contributed by atoms with Gasteiger partial charge in [0.15, 0.2) is 5.69 Å². The lowest BCUT2D eigenvalue weighted by Crippen LogP contribution is -2.55. The Labute approximate surface area is 205 Å². The van der Waals surface area contributed by atoms with Crippen LogP contribution in [0.2, 0.25) is 0 Å². The van der Waals surface area contributed by atoms with Gasteiger partial charge in [0.2, 0.25) is 5.91 Å². The van der Waals surface area contributed by atoms with Gasteiger partial charge in [-0.3, -0.25) is 15.0 Å². The molecule has 2 amide bonds. The van der Waals surface area contributed by atoms with E-state index in [9.17, 15) is 22.8 Å². The lowest BCUT2D eigenvalue weighted by atomic mass is 9.72. The second-order valence-corrected chi connectivity index (χ2v) is 9.23. The van der Waals surface area contributed by atoms with Crippen molar-refractivity contribution >= 4 is 17.5 Å². The lowest BCUT2D eigenvalue weighted by Gasteiger charge is -2.41. The quantitative estimate of drug-likeness (QED) is 0.497. The maximum Gasteiger partial charge on any atom is 0.416 e. The number of hydrogen-bond donors (Lipinski definition) is 3. The number of anilines is 1. The molecule has 1 aliphatic heterocycles. The first kappa shape index (κ1) is 24.0. The molecule has 3 atom stereocenters. The van der Waals surface area contributed by atoms with Crippen LogP contribution < -0.4 is 16.2 Å². The summed E-state index contributed by atoms with van der Waals surface area (Å²) in [6.07, 6.45) is -0.461. The molecule has 3 N–H and O–H groups in total. The number of hydrazine groups is 1. The summed E-state index contributed by atoms with van der Waals surface area (Å²) < 4.78 is 40.4. The highest BCUT2D eigenvalue weighted by molar-refractivity contribution is 6.03. The van der Waals surface area contributed by atoms with Crippen LogP contribution in [0.3, 0.4) is 0 Å². The van der Waals surface area contributed by atoms with Crippen molar-refractivity contribution in [3.8, 4) is 5.69 Å². The standard InChI is InChI=1S/C25H25F3N6O2/c1-14-21(31-33-34(14)18-6-4-5-16(13-18)25(26,27)28)24(36)29-17-11-9-15(10-12-17)22-19-7-2-3-8-20(19)23(35)32-30-22/h4-6,9-13,19-20,22,30H,2-3,7-8H2,1H3,(H,29,36)(H,32,35). The first-order valence-corrected chi connectivity index (χ1v) is 11.8. The van der Waals surface area contributed by atoms with Crippen molar-refractivity contribution < 1.29 is 22.8 Å². The second-order valence-electron chi connectivity index (χ2n) is 9.23. The molecular formula is C25H25F3N6O2. The molecule has 2 aromatic carbocycles. The fraction of sp³-hybridized carbons (Fsp3) is 0.360. The van der Waals surface area contributed by atoms with Crippen LogP contribution in [0, 0.1) is 18.8 Å². The van der Waals surface area contributed by atoms with Gasteiger partial charge in [0.1, 0.15) is 0 Å². The highest BCUT2D eigenvalue weighted by Crippen LogP contribution is 2.40. The second kappa shape index (κ2) is 9.38. The number of alkyl halides is 3. The number of fused-ring (bicyclic) bond motifs is 1. The van der Waals surface area contributed by atoms with Crippen molar-refractivity contribution in [3.05, 3.63) is 71.0 Å². The molecule has 1 aliphatic carbocycles. The van der Waals surface area contributed by atoms with Gasteiger partial charge in [0.05, 0.1) is 23.0 Å². The van der Waals surface area contributed by atoms with Gasteiger partial charge in [-0.25, -0.2) is 10.1 Å². The van der Waals surface area contributed by atoms with E-state index < -0.39 is 17.6 Å². The van der Waals surface area contributed by atoms with Crippen LogP contribution in [-0.2, 0) is 11.0 Å². The van der Waals surface area contributed by atoms with Gasteiger partial charge in [-0.05, 0) is 61.6 Å². The number of aromatic nitrogens is 3. The third kappa shape index (κ3) is 4.58. The maximum atomic E-state index is 13.1. The van der Waals surface area contributed by atoms with Crippen LogP contribution in [0.15, 0.2) is 48.5 Å². The largest absolute Gasteiger partial charge is 0.416 e. The predicted octanol–water partition coefficient (Wildman–Crippen LogP) is 4.33. The Bertz CT molecular complexity index is 1290. The smallest absolute Gasteiger partial charge is 0.321 e. The Hall–Kier alpha value is -3.73. The first-order chi connectivity index (χ1) is 17.2. The highest BCUT2D eigenvalue weighted by atomic mass is 19.4. The summed E-state index contributed by atoms with van der Waals surface area (Å²) in [5.41, 5.74) is 7.15. The summed E-state index contributed by atoms with van der Waals surface area (Å²) in [6.45, 7) is 1.57. The van der Waals surface area contributed by atoms with Gasteiger partial charge >= 0.3 is 6.18 Å². The van der Waals surface area contributed by atoms with E-state index in [1.165, 1.54) is 16.8 Å². The number of rotatable bonds is 4. The third-order valence-corrected chi connectivity index (χ3v) is 6.99. The van der Waals surface area contributed by atoms with E-state index in [1.54, 1.807) is 19.1 Å². The monoisotopic (exact) mass is 498 g/mol. The molecule has 8 nitrogen and oxygen atoms in total. The van der Waals surface area contributed by atoms with Crippen LogP contribution >= 0.6 is 0 Å². The zero-order valence-electron chi connectivity index (χ0n) is 19.5. The van der Waals surface area contributed by atoms with Crippen LogP contribution in [-0.4, -0.2) is 26.8 Å². The molecular weight excluding hydrogens is 473 g/mol. The number of benzene rings is 2. The van der Waals surface area contributed by atoms with Crippen LogP contribution in [0.4, 0.5) is 18.9 Å². The lowest BCUT2D eigenvalue weighted by molar-refractivity contribution is -0.137. The van der Waals surface area contributed by atoms with Crippen molar-refractivity contribution in [2.45, 2.75) is 44.8 Å². The molecule has 1 aromatic heterocycles. The van der Waals surface area contributed by atoms with E-state index in [4.69, 9.17) is 0 Å². The SMILES string of the molecule is Cc1c(C(=O)Nc2ccc(C3NNC(=O)C4CCCCC43)cc2)nnn1-c1cccc(C(F)(F)F)c1. The van der Waals surface area contributed by atoms with Gasteiger partial charge in [0, 0.05) is 11.6 Å². The minimum absolute atomic E-state index is 0.00629. The minimum atomic E-state index is -4.49. The van der Waals surface area contributed by atoms with Crippen molar-refractivity contribution in [2.75, 3.05) is 5.32 Å². The van der Waals surface area contributed by atoms with E-state index in [2.05, 4.69) is 26.5 Å². The number of nitrogens with zero attached hydrogens (tertiary/aromatic N) is 3. The Morgan fingerprint density at radius 3 is 2.61 bits per heavy atom. The first-order valence-electron chi connectivity index (χ1n) is 11.8. The molecule has 11 heteroatoms. The Morgan fingerprint density at radius 2 is 1.86 bits per heavy atom. The molecule has 3 unspecified atom stereocenters. The Kier molecular flexibility index (Phi) is 6.25. The summed E-state index contributed by atoms with van der Waals surface area (Å²) in [5.74, 6) is -0.240.